The summed E-state index contributed by atoms with van der Waals surface area (Å²) < 4.78 is 11.0. The van der Waals surface area contributed by atoms with Gasteiger partial charge in [0, 0.05) is 18.2 Å². The highest BCUT2D eigenvalue weighted by Crippen LogP contribution is 2.39. The zero-order valence-corrected chi connectivity index (χ0v) is 13.8. The molecular weight excluding hydrogens is 276 g/mol. The first-order chi connectivity index (χ1) is 10.8. The predicted molar refractivity (Wildman–Crippen MR) is 88.7 cm³/mol. The SMILES string of the molecule is COc1ccc(OC)c(C2CCCN2CC2CCNCC2)c1. The van der Waals surface area contributed by atoms with E-state index in [-0.39, 0.29) is 0 Å². The second-order valence-corrected chi connectivity index (χ2v) is 6.45. The number of hydrogen-bond acceptors (Lipinski definition) is 4. The molecule has 122 valence electrons. The number of piperidine rings is 1. The second kappa shape index (κ2) is 7.34. The van der Waals surface area contributed by atoms with Crippen molar-refractivity contribution in [2.45, 2.75) is 31.7 Å². The Balaban J connectivity index is 1.76. The van der Waals surface area contributed by atoms with Crippen molar-refractivity contribution in [1.82, 2.24) is 10.2 Å². The van der Waals surface area contributed by atoms with E-state index in [9.17, 15) is 0 Å². The van der Waals surface area contributed by atoms with E-state index in [1.165, 1.54) is 57.4 Å². The summed E-state index contributed by atoms with van der Waals surface area (Å²) in [5, 5.41) is 3.46. The standard InChI is InChI=1S/C18H28N2O2/c1-21-15-5-6-18(22-2)16(12-15)17-4-3-11-20(17)13-14-7-9-19-10-8-14/h5-6,12,14,17,19H,3-4,7-11,13H2,1-2H3. The molecule has 0 amide bonds. The Bertz CT molecular complexity index is 486. The number of ether oxygens (including phenoxy) is 2. The van der Waals surface area contributed by atoms with Crippen molar-refractivity contribution < 1.29 is 9.47 Å². The summed E-state index contributed by atoms with van der Waals surface area (Å²) in [5.74, 6) is 2.74. The third-order valence-electron chi connectivity index (χ3n) is 5.11. The van der Waals surface area contributed by atoms with Crippen LogP contribution in [0.1, 0.15) is 37.3 Å². The zero-order chi connectivity index (χ0) is 15.4. The molecule has 0 aliphatic carbocycles. The Hall–Kier alpha value is -1.26. The van der Waals surface area contributed by atoms with Crippen LogP contribution < -0.4 is 14.8 Å². The lowest BCUT2D eigenvalue weighted by atomic mass is 9.96. The highest BCUT2D eigenvalue weighted by atomic mass is 16.5. The van der Waals surface area contributed by atoms with Gasteiger partial charge >= 0.3 is 0 Å². The van der Waals surface area contributed by atoms with Crippen LogP contribution in [0.2, 0.25) is 0 Å². The summed E-state index contributed by atoms with van der Waals surface area (Å²) in [4.78, 5) is 2.66. The summed E-state index contributed by atoms with van der Waals surface area (Å²) in [6.07, 6.45) is 5.10. The molecule has 1 N–H and O–H groups in total. The zero-order valence-electron chi connectivity index (χ0n) is 13.8. The smallest absolute Gasteiger partial charge is 0.123 e. The molecule has 1 aromatic carbocycles. The molecule has 4 nitrogen and oxygen atoms in total. The maximum Gasteiger partial charge on any atom is 0.123 e. The minimum atomic E-state index is 0.472. The van der Waals surface area contributed by atoms with Crippen LogP contribution in [-0.2, 0) is 0 Å². The van der Waals surface area contributed by atoms with E-state index >= 15 is 0 Å². The number of hydrogen-bond donors (Lipinski definition) is 1. The van der Waals surface area contributed by atoms with Crippen LogP contribution in [0.25, 0.3) is 0 Å². The van der Waals surface area contributed by atoms with Gasteiger partial charge in [-0.15, -0.1) is 0 Å². The molecule has 0 bridgehead atoms. The van der Waals surface area contributed by atoms with Crippen LogP contribution in [-0.4, -0.2) is 45.3 Å². The van der Waals surface area contributed by atoms with Crippen LogP contribution in [0.15, 0.2) is 18.2 Å². The Labute approximate surface area is 133 Å². The number of methoxy groups -OCH3 is 2. The van der Waals surface area contributed by atoms with E-state index in [4.69, 9.17) is 9.47 Å². The molecule has 0 radical (unpaired) electrons. The lowest BCUT2D eigenvalue weighted by molar-refractivity contribution is 0.190. The summed E-state index contributed by atoms with van der Waals surface area (Å²) in [6.45, 7) is 4.76. The predicted octanol–water partition coefficient (Wildman–Crippen LogP) is 2.84. The minimum absolute atomic E-state index is 0.472. The lowest BCUT2D eigenvalue weighted by Gasteiger charge is -2.32. The number of rotatable bonds is 5. The maximum absolute atomic E-state index is 5.60. The van der Waals surface area contributed by atoms with Gasteiger partial charge in [-0.3, -0.25) is 4.90 Å². The summed E-state index contributed by atoms with van der Waals surface area (Å²) in [6, 6.07) is 6.65. The van der Waals surface area contributed by atoms with Crippen LogP contribution >= 0.6 is 0 Å². The molecule has 22 heavy (non-hydrogen) atoms. The first-order valence-electron chi connectivity index (χ1n) is 8.48. The molecule has 0 spiro atoms. The summed E-state index contributed by atoms with van der Waals surface area (Å²) in [7, 11) is 3.49. The molecule has 2 fully saturated rings. The van der Waals surface area contributed by atoms with Gasteiger partial charge in [-0.2, -0.15) is 0 Å². The van der Waals surface area contributed by atoms with E-state index in [1.807, 2.05) is 12.1 Å². The number of likely N-dealkylation sites (tertiary alicyclic amines) is 1. The largest absolute Gasteiger partial charge is 0.497 e. The molecule has 3 rings (SSSR count). The average Bonchev–Trinajstić information content (AvgIpc) is 3.03. The van der Waals surface area contributed by atoms with Gasteiger partial charge in [0.2, 0.25) is 0 Å². The summed E-state index contributed by atoms with van der Waals surface area (Å²) >= 11 is 0. The Morgan fingerprint density at radius 1 is 1.14 bits per heavy atom. The minimum Gasteiger partial charge on any atom is -0.497 e. The van der Waals surface area contributed by atoms with Crippen LogP contribution in [0.4, 0.5) is 0 Å². The van der Waals surface area contributed by atoms with Crippen molar-refractivity contribution in [2.24, 2.45) is 5.92 Å². The van der Waals surface area contributed by atoms with Gasteiger partial charge in [0.25, 0.3) is 0 Å². The molecule has 0 saturated carbocycles. The van der Waals surface area contributed by atoms with Crippen LogP contribution in [0, 0.1) is 5.92 Å². The van der Waals surface area contributed by atoms with E-state index < -0.39 is 0 Å². The molecule has 0 aromatic heterocycles. The lowest BCUT2D eigenvalue weighted by Crippen LogP contribution is -2.36. The van der Waals surface area contributed by atoms with Gasteiger partial charge in [0.1, 0.15) is 11.5 Å². The van der Waals surface area contributed by atoms with Gasteiger partial charge in [-0.1, -0.05) is 0 Å². The molecule has 2 aliphatic rings. The first kappa shape index (κ1) is 15.6. The van der Waals surface area contributed by atoms with Crippen molar-refractivity contribution >= 4 is 0 Å². The second-order valence-electron chi connectivity index (χ2n) is 6.45. The van der Waals surface area contributed by atoms with E-state index in [2.05, 4.69) is 16.3 Å². The van der Waals surface area contributed by atoms with Crippen molar-refractivity contribution in [3.8, 4) is 11.5 Å². The van der Waals surface area contributed by atoms with E-state index in [1.54, 1.807) is 14.2 Å². The molecule has 4 heteroatoms. The van der Waals surface area contributed by atoms with Crippen molar-refractivity contribution in [2.75, 3.05) is 40.4 Å². The van der Waals surface area contributed by atoms with Crippen molar-refractivity contribution in [3.63, 3.8) is 0 Å². The van der Waals surface area contributed by atoms with Crippen LogP contribution in [0.5, 0.6) is 11.5 Å². The molecule has 2 saturated heterocycles. The third-order valence-corrected chi connectivity index (χ3v) is 5.11. The molecule has 1 atom stereocenters. The Kier molecular flexibility index (Phi) is 5.21. The molecule has 2 aliphatic heterocycles. The molecular formula is C18H28N2O2. The fourth-order valence-corrected chi connectivity index (χ4v) is 3.89. The van der Waals surface area contributed by atoms with Gasteiger partial charge in [-0.25, -0.2) is 0 Å². The highest BCUT2D eigenvalue weighted by Gasteiger charge is 2.30. The average molecular weight is 304 g/mol. The monoisotopic (exact) mass is 304 g/mol. The number of nitrogens with zero attached hydrogens (tertiary/aromatic N) is 1. The number of benzene rings is 1. The fraction of sp³-hybridized carbons (Fsp3) is 0.667. The maximum atomic E-state index is 5.60. The van der Waals surface area contributed by atoms with Gasteiger partial charge in [0.15, 0.2) is 0 Å². The molecule has 2 heterocycles. The summed E-state index contributed by atoms with van der Waals surface area (Å²) in [5.41, 5.74) is 1.29. The first-order valence-corrected chi connectivity index (χ1v) is 8.48. The quantitative estimate of drug-likeness (QED) is 0.907. The van der Waals surface area contributed by atoms with Gasteiger partial charge < -0.3 is 14.8 Å². The number of nitrogens with one attached hydrogen (secondary N) is 1. The molecule has 1 unspecified atom stereocenters. The fourth-order valence-electron chi connectivity index (χ4n) is 3.89. The van der Waals surface area contributed by atoms with Crippen LogP contribution in [0.3, 0.4) is 0 Å². The van der Waals surface area contributed by atoms with Crippen molar-refractivity contribution in [1.29, 1.82) is 0 Å². The van der Waals surface area contributed by atoms with E-state index in [0.717, 1.165) is 17.4 Å². The van der Waals surface area contributed by atoms with E-state index in [0.29, 0.717) is 6.04 Å². The van der Waals surface area contributed by atoms with Gasteiger partial charge in [-0.05, 0) is 69.4 Å². The van der Waals surface area contributed by atoms with Gasteiger partial charge in [0.05, 0.1) is 14.2 Å². The topological polar surface area (TPSA) is 33.7 Å². The Morgan fingerprint density at radius 2 is 1.95 bits per heavy atom. The Morgan fingerprint density at radius 3 is 2.68 bits per heavy atom. The third kappa shape index (κ3) is 3.39. The highest BCUT2D eigenvalue weighted by molar-refractivity contribution is 5.42. The molecule has 1 aromatic rings. The van der Waals surface area contributed by atoms with Crippen molar-refractivity contribution in [3.05, 3.63) is 23.8 Å². The normalized spacial score (nSPS) is 23.6.